The van der Waals surface area contributed by atoms with Crippen molar-refractivity contribution in [2.75, 3.05) is 0 Å². The first-order valence-electron chi connectivity index (χ1n) is 8.73. The molecule has 1 aromatic carbocycles. The lowest BCUT2D eigenvalue weighted by Crippen LogP contribution is -2.50. The summed E-state index contributed by atoms with van der Waals surface area (Å²) in [7, 11) is -4.32. The molecule has 1 saturated heterocycles. The van der Waals surface area contributed by atoms with Gasteiger partial charge in [0.2, 0.25) is 5.91 Å². The lowest BCUT2D eigenvalue weighted by atomic mass is 10.1. The van der Waals surface area contributed by atoms with Crippen LogP contribution in [0.25, 0.3) is 0 Å². The molecule has 0 spiro atoms. The van der Waals surface area contributed by atoms with Gasteiger partial charge in [0.25, 0.3) is 15.7 Å². The fraction of sp³-hybridized carbons (Fsp3) is 0.529. The van der Waals surface area contributed by atoms with Crippen LogP contribution in [-0.2, 0) is 19.6 Å². The standard InChI is InChI=1S/C17H23N3O7S/c1-5-6-13-11-15(21)18(16(22)27-17(2,3)4)19(13)28(25,26)14-9-7-12(8-10-14)20(23)24/h7-10,13H,5-6,11H2,1-4H3/t13-/m1/s1. The number of nitro benzene ring substituents is 1. The third-order valence-electron chi connectivity index (χ3n) is 3.94. The molecule has 0 saturated carbocycles. The van der Waals surface area contributed by atoms with Crippen LogP contribution in [0, 0.1) is 10.1 Å². The number of non-ortho nitro benzene ring substituents is 1. The van der Waals surface area contributed by atoms with Crippen LogP contribution in [0.5, 0.6) is 0 Å². The molecule has 1 atom stereocenters. The number of hydrogen-bond acceptors (Lipinski definition) is 7. The summed E-state index contributed by atoms with van der Waals surface area (Å²) in [4.78, 5) is 34.9. The summed E-state index contributed by atoms with van der Waals surface area (Å²) in [6, 6.07) is 3.51. The molecule has 0 aromatic heterocycles. The average molecular weight is 413 g/mol. The minimum atomic E-state index is -4.32. The van der Waals surface area contributed by atoms with Crippen molar-refractivity contribution in [3.05, 3.63) is 34.4 Å². The second kappa shape index (κ2) is 7.84. The highest BCUT2D eigenvalue weighted by Gasteiger charge is 2.49. The normalized spacial score (nSPS) is 18.4. The first-order chi connectivity index (χ1) is 12.9. The minimum absolute atomic E-state index is 0.153. The Kier molecular flexibility index (Phi) is 6.09. The maximum Gasteiger partial charge on any atom is 0.433 e. The largest absolute Gasteiger partial charge is 0.442 e. The topological polar surface area (TPSA) is 127 Å². The summed E-state index contributed by atoms with van der Waals surface area (Å²) in [6.45, 7) is 6.63. The maximum atomic E-state index is 13.2. The first-order valence-corrected chi connectivity index (χ1v) is 10.2. The molecular formula is C17H23N3O7S. The van der Waals surface area contributed by atoms with Gasteiger partial charge in [0.1, 0.15) is 5.60 Å². The summed E-state index contributed by atoms with van der Waals surface area (Å²) in [5.74, 6) is -0.682. The number of hydrazine groups is 1. The molecule has 1 aliphatic heterocycles. The van der Waals surface area contributed by atoms with Gasteiger partial charge in [-0.1, -0.05) is 17.8 Å². The van der Waals surface area contributed by atoms with Crippen LogP contribution < -0.4 is 0 Å². The molecular weight excluding hydrogens is 390 g/mol. The van der Waals surface area contributed by atoms with Crippen molar-refractivity contribution in [1.82, 2.24) is 9.42 Å². The van der Waals surface area contributed by atoms with Crippen molar-refractivity contribution >= 4 is 27.7 Å². The van der Waals surface area contributed by atoms with Crippen LogP contribution in [0.1, 0.15) is 47.0 Å². The van der Waals surface area contributed by atoms with E-state index >= 15 is 0 Å². The third-order valence-corrected chi connectivity index (χ3v) is 5.76. The SMILES string of the molecule is CCC[C@@H]1CC(=O)N(C(=O)OC(C)(C)C)N1S(=O)(=O)c1ccc([N+](=O)[O-])cc1. The predicted molar refractivity (Wildman–Crippen MR) is 98.5 cm³/mol. The molecule has 0 N–H and O–H groups in total. The van der Waals surface area contributed by atoms with Gasteiger partial charge in [-0.25, -0.2) is 13.2 Å². The molecule has 0 aliphatic carbocycles. The van der Waals surface area contributed by atoms with Crippen LogP contribution in [0.2, 0.25) is 0 Å². The Morgan fingerprint density at radius 1 is 1.29 bits per heavy atom. The van der Waals surface area contributed by atoms with Crippen LogP contribution in [0.4, 0.5) is 10.5 Å². The number of imide groups is 1. The molecule has 0 unspecified atom stereocenters. The Hall–Kier alpha value is -2.53. The molecule has 28 heavy (non-hydrogen) atoms. The lowest BCUT2D eigenvalue weighted by Gasteiger charge is -2.31. The molecule has 154 valence electrons. The molecule has 1 heterocycles. The summed E-state index contributed by atoms with van der Waals surface area (Å²) in [5, 5.41) is 11.3. The van der Waals surface area contributed by atoms with E-state index in [-0.39, 0.29) is 17.0 Å². The summed E-state index contributed by atoms with van der Waals surface area (Å²) in [6.07, 6.45) is -0.287. The van der Waals surface area contributed by atoms with Crippen molar-refractivity contribution in [2.24, 2.45) is 0 Å². The number of hydrogen-bond donors (Lipinski definition) is 0. The number of nitro groups is 1. The van der Waals surface area contributed by atoms with Crippen molar-refractivity contribution < 1.29 is 27.7 Å². The zero-order valence-corrected chi connectivity index (χ0v) is 16.9. The number of rotatable bonds is 5. The van der Waals surface area contributed by atoms with E-state index in [0.717, 1.165) is 28.7 Å². The molecule has 1 aromatic rings. The smallest absolute Gasteiger partial charge is 0.433 e. The van der Waals surface area contributed by atoms with Crippen molar-refractivity contribution in [1.29, 1.82) is 0 Å². The zero-order chi connectivity index (χ0) is 21.3. The molecule has 1 aliphatic rings. The Morgan fingerprint density at radius 3 is 2.32 bits per heavy atom. The van der Waals surface area contributed by atoms with Gasteiger partial charge >= 0.3 is 6.09 Å². The zero-order valence-electron chi connectivity index (χ0n) is 16.1. The van der Waals surface area contributed by atoms with Crippen LogP contribution in [0.3, 0.4) is 0 Å². The van der Waals surface area contributed by atoms with E-state index in [1.165, 1.54) is 0 Å². The fourth-order valence-corrected chi connectivity index (χ4v) is 4.47. The highest BCUT2D eigenvalue weighted by Crippen LogP contribution is 2.32. The van der Waals surface area contributed by atoms with E-state index in [2.05, 4.69) is 0 Å². The molecule has 0 radical (unpaired) electrons. The number of carbonyl (C=O) groups excluding carboxylic acids is 2. The summed E-state index contributed by atoms with van der Waals surface area (Å²) < 4.78 is 32.3. The monoisotopic (exact) mass is 413 g/mol. The average Bonchev–Trinajstić information content (AvgIpc) is 2.90. The predicted octanol–water partition coefficient (Wildman–Crippen LogP) is 2.84. The minimum Gasteiger partial charge on any atom is -0.442 e. The Morgan fingerprint density at radius 2 is 1.86 bits per heavy atom. The summed E-state index contributed by atoms with van der Waals surface area (Å²) in [5.41, 5.74) is -1.20. The maximum absolute atomic E-state index is 13.2. The quantitative estimate of drug-likeness (QED) is 0.536. The number of nitrogens with zero attached hydrogens (tertiary/aromatic N) is 3. The number of carbonyl (C=O) groups is 2. The van der Waals surface area contributed by atoms with E-state index in [9.17, 15) is 28.1 Å². The molecule has 1 fully saturated rings. The van der Waals surface area contributed by atoms with Crippen LogP contribution >= 0.6 is 0 Å². The first kappa shape index (κ1) is 21.8. The second-order valence-electron chi connectivity index (χ2n) is 7.36. The van der Waals surface area contributed by atoms with Gasteiger partial charge in [-0.15, -0.1) is 0 Å². The van der Waals surface area contributed by atoms with E-state index < -0.39 is 38.6 Å². The van der Waals surface area contributed by atoms with Crippen LogP contribution in [0.15, 0.2) is 29.2 Å². The molecule has 2 amide bonds. The Balaban J connectivity index is 2.48. The van der Waals surface area contributed by atoms with Crippen molar-refractivity contribution in [3.8, 4) is 0 Å². The molecule has 2 rings (SSSR count). The number of amides is 2. The van der Waals surface area contributed by atoms with Gasteiger partial charge in [0.05, 0.1) is 15.9 Å². The lowest BCUT2D eigenvalue weighted by molar-refractivity contribution is -0.384. The van der Waals surface area contributed by atoms with Gasteiger partial charge in [-0.2, -0.15) is 5.01 Å². The van der Waals surface area contributed by atoms with Gasteiger partial charge in [0.15, 0.2) is 0 Å². The van der Waals surface area contributed by atoms with Crippen molar-refractivity contribution in [3.63, 3.8) is 0 Å². The summed E-state index contributed by atoms with van der Waals surface area (Å²) >= 11 is 0. The Bertz CT molecular complexity index is 875. The van der Waals surface area contributed by atoms with Gasteiger partial charge in [-0.3, -0.25) is 14.9 Å². The number of benzene rings is 1. The second-order valence-corrected chi connectivity index (χ2v) is 9.16. The van der Waals surface area contributed by atoms with E-state index in [0.29, 0.717) is 17.9 Å². The van der Waals surface area contributed by atoms with Crippen LogP contribution in [-0.4, -0.2) is 46.4 Å². The number of ether oxygens (including phenoxy) is 1. The molecule has 11 heteroatoms. The van der Waals surface area contributed by atoms with E-state index in [1.807, 2.05) is 6.92 Å². The third kappa shape index (κ3) is 4.47. The number of sulfonamides is 1. The molecule has 10 nitrogen and oxygen atoms in total. The Labute approximate surface area is 163 Å². The highest BCUT2D eigenvalue weighted by atomic mass is 32.2. The molecule has 0 bridgehead atoms. The highest BCUT2D eigenvalue weighted by molar-refractivity contribution is 7.89. The van der Waals surface area contributed by atoms with E-state index in [4.69, 9.17) is 4.74 Å². The van der Waals surface area contributed by atoms with Gasteiger partial charge < -0.3 is 4.74 Å². The van der Waals surface area contributed by atoms with Crippen molar-refractivity contribution in [2.45, 2.75) is 63.5 Å². The van der Waals surface area contributed by atoms with Gasteiger partial charge in [0, 0.05) is 18.6 Å². The van der Waals surface area contributed by atoms with E-state index in [1.54, 1.807) is 20.8 Å². The van der Waals surface area contributed by atoms with Gasteiger partial charge in [-0.05, 0) is 39.3 Å². The fourth-order valence-electron chi connectivity index (χ4n) is 2.82.